The van der Waals surface area contributed by atoms with Crippen LogP contribution >= 0.6 is 0 Å². The fourth-order valence-corrected chi connectivity index (χ4v) is 2.56. The lowest BCUT2D eigenvalue weighted by Gasteiger charge is -2.37. The van der Waals surface area contributed by atoms with E-state index in [-0.39, 0.29) is 5.91 Å². The van der Waals surface area contributed by atoms with Crippen LogP contribution in [0.1, 0.15) is 46.0 Å². The highest BCUT2D eigenvalue weighted by molar-refractivity contribution is 5.74. The minimum Gasteiger partial charge on any atom is -0.301 e. The molecular weight excluding hydrogens is 240 g/mol. The van der Waals surface area contributed by atoms with Gasteiger partial charge in [0, 0.05) is 38.6 Å². The molecule has 1 rings (SSSR count). The van der Waals surface area contributed by atoms with Crippen molar-refractivity contribution in [1.29, 1.82) is 0 Å². The fourth-order valence-electron chi connectivity index (χ4n) is 2.56. The van der Waals surface area contributed by atoms with Gasteiger partial charge in [-0.15, -0.1) is 0 Å². The molecule has 1 aliphatic heterocycles. The largest absolute Gasteiger partial charge is 0.301 e. The summed E-state index contributed by atoms with van der Waals surface area (Å²) in [7, 11) is 0. The summed E-state index contributed by atoms with van der Waals surface area (Å²) in [5.41, 5.74) is 2.17. The van der Waals surface area contributed by atoms with Gasteiger partial charge in [0.05, 0.1) is 0 Å². The van der Waals surface area contributed by atoms with Gasteiger partial charge < -0.3 is 4.90 Å². The van der Waals surface area contributed by atoms with E-state index in [4.69, 9.17) is 5.84 Å². The van der Waals surface area contributed by atoms with Crippen LogP contribution in [0.5, 0.6) is 0 Å². The molecule has 0 aromatic heterocycles. The second kappa shape index (κ2) is 9.28. The molecule has 0 saturated carbocycles. The molecular formula is C14H30N4O. The molecule has 19 heavy (non-hydrogen) atoms. The van der Waals surface area contributed by atoms with E-state index in [0.29, 0.717) is 6.42 Å². The van der Waals surface area contributed by atoms with E-state index < -0.39 is 0 Å². The molecule has 5 nitrogen and oxygen atoms in total. The number of nitrogens with zero attached hydrogens (tertiary/aromatic N) is 2. The summed E-state index contributed by atoms with van der Waals surface area (Å²) in [5, 5.41) is 0. The maximum absolute atomic E-state index is 11.0. The predicted molar refractivity (Wildman–Crippen MR) is 78.6 cm³/mol. The molecule has 1 fully saturated rings. The van der Waals surface area contributed by atoms with E-state index in [1.807, 2.05) is 0 Å². The van der Waals surface area contributed by atoms with E-state index in [0.717, 1.165) is 18.9 Å². The molecule has 0 aliphatic carbocycles. The Balaban J connectivity index is 2.02. The van der Waals surface area contributed by atoms with Crippen LogP contribution in [0.3, 0.4) is 0 Å². The number of amides is 1. The van der Waals surface area contributed by atoms with Crippen molar-refractivity contribution in [3.8, 4) is 0 Å². The summed E-state index contributed by atoms with van der Waals surface area (Å²) in [6, 6.07) is 0.719. The molecule has 1 saturated heterocycles. The van der Waals surface area contributed by atoms with Crippen LogP contribution in [0.2, 0.25) is 0 Å². The van der Waals surface area contributed by atoms with Crippen LogP contribution in [0.4, 0.5) is 0 Å². The third-order valence-corrected chi connectivity index (χ3v) is 4.16. The Labute approximate surface area is 117 Å². The van der Waals surface area contributed by atoms with E-state index in [2.05, 4.69) is 29.1 Å². The smallest absolute Gasteiger partial charge is 0.233 e. The van der Waals surface area contributed by atoms with Gasteiger partial charge in [-0.2, -0.15) is 0 Å². The number of nitrogens with two attached hydrogens (primary N) is 1. The van der Waals surface area contributed by atoms with Gasteiger partial charge in [-0.3, -0.25) is 15.1 Å². The van der Waals surface area contributed by atoms with Crippen molar-refractivity contribution in [2.24, 2.45) is 5.84 Å². The highest BCUT2D eigenvalue weighted by Crippen LogP contribution is 2.10. The zero-order valence-corrected chi connectivity index (χ0v) is 12.5. The van der Waals surface area contributed by atoms with E-state index in [1.165, 1.54) is 45.6 Å². The van der Waals surface area contributed by atoms with Crippen LogP contribution in [-0.4, -0.2) is 54.5 Å². The van der Waals surface area contributed by atoms with Crippen LogP contribution in [0.25, 0.3) is 0 Å². The number of hydrazine groups is 1. The van der Waals surface area contributed by atoms with Crippen molar-refractivity contribution >= 4 is 5.91 Å². The number of carbonyl (C=O) groups excluding carboxylic acids is 1. The zero-order chi connectivity index (χ0) is 14.1. The molecule has 1 unspecified atom stereocenters. The van der Waals surface area contributed by atoms with Gasteiger partial charge in [-0.05, 0) is 32.7 Å². The van der Waals surface area contributed by atoms with Crippen molar-refractivity contribution in [3.63, 3.8) is 0 Å². The Bertz CT molecular complexity index is 252. The molecule has 0 spiro atoms. The third-order valence-electron chi connectivity index (χ3n) is 4.16. The van der Waals surface area contributed by atoms with Crippen LogP contribution in [0.15, 0.2) is 0 Å². The maximum atomic E-state index is 11.0. The Kier molecular flexibility index (Phi) is 8.02. The Morgan fingerprint density at radius 2 is 1.89 bits per heavy atom. The first kappa shape index (κ1) is 16.4. The zero-order valence-electron chi connectivity index (χ0n) is 12.5. The summed E-state index contributed by atoms with van der Waals surface area (Å²) in [6.07, 6.45) is 5.03. The first-order valence-corrected chi connectivity index (χ1v) is 7.63. The summed E-state index contributed by atoms with van der Waals surface area (Å²) in [4.78, 5) is 16.1. The van der Waals surface area contributed by atoms with Gasteiger partial charge >= 0.3 is 0 Å². The van der Waals surface area contributed by atoms with Crippen LogP contribution in [0, 0.1) is 0 Å². The monoisotopic (exact) mass is 270 g/mol. The number of unbranched alkanes of at least 4 members (excludes halogenated alkanes) is 2. The van der Waals surface area contributed by atoms with Crippen molar-refractivity contribution in [2.45, 2.75) is 52.0 Å². The van der Waals surface area contributed by atoms with Gasteiger partial charge in [0.1, 0.15) is 0 Å². The SMILES string of the molecule is CCC(C)N1CCN(CCCCCC(=O)NN)CC1. The van der Waals surface area contributed by atoms with Crippen LogP contribution < -0.4 is 11.3 Å². The molecule has 0 radical (unpaired) electrons. The molecule has 3 N–H and O–H groups in total. The summed E-state index contributed by atoms with van der Waals surface area (Å²) in [5.74, 6) is 4.99. The van der Waals surface area contributed by atoms with Crippen molar-refractivity contribution in [2.75, 3.05) is 32.7 Å². The third kappa shape index (κ3) is 6.36. The number of rotatable bonds is 8. The second-order valence-corrected chi connectivity index (χ2v) is 5.51. The summed E-state index contributed by atoms with van der Waals surface area (Å²) in [6.45, 7) is 10.5. The number of nitrogens with one attached hydrogen (secondary N) is 1. The van der Waals surface area contributed by atoms with E-state index in [9.17, 15) is 4.79 Å². The number of hydrogen-bond acceptors (Lipinski definition) is 4. The van der Waals surface area contributed by atoms with Gasteiger partial charge in [-0.1, -0.05) is 13.3 Å². The molecule has 1 amide bonds. The fraction of sp³-hybridized carbons (Fsp3) is 0.929. The first-order chi connectivity index (χ1) is 9.17. The minimum atomic E-state index is -0.0535. The molecule has 1 heterocycles. The average Bonchev–Trinajstić information content (AvgIpc) is 2.46. The lowest BCUT2D eigenvalue weighted by atomic mass is 10.1. The number of carbonyl (C=O) groups is 1. The lowest BCUT2D eigenvalue weighted by Crippen LogP contribution is -2.49. The molecule has 1 aliphatic rings. The number of hydrogen-bond donors (Lipinski definition) is 2. The highest BCUT2D eigenvalue weighted by atomic mass is 16.2. The van der Waals surface area contributed by atoms with Crippen molar-refractivity contribution in [3.05, 3.63) is 0 Å². The summed E-state index contributed by atoms with van der Waals surface area (Å²) < 4.78 is 0. The van der Waals surface area contributed by atoms with Gasteiger partial charge in [0.15, 0.2) is 0 Å². The van der Waals surface area contributed by atoms with Crippen LogP contribution in [-0.2, 0) is 4.79 Å². The lowest BCUT2D eigenvalue weighted by molar-refractivity contribution is -0.121. The quantitative estimate of drug-likeness (QED) is 0.298. The van der Waals surface area contributed by atoms with E-state index in [1.54, 1.807) is 0 Å². The van der Waals surface area contributed by atoms with E-state index >= 15 is 0 Å². The second-order valence-electron chi connectivity index (χ2n) is 5.51. The molecule has 5 heteroatoms. The Morgan fingerprint density at radius 3 is 2.47 bits per heavy atom. The van der Waals surface area contributed by atoms with Crippen molar-refractivity contribution < 1.29 is 4.79 Å². The Morgan fingerprint density at radius 1 is 1.21 bits per heavy atom. The van der Waals surface area contributed by atoms with Crippen molar-refractivity contribution in [1.82, 2.24) is 15.2 Å². The normalized spacial score (nSPS) is 19.3. The molecule has 0 bridgehead atoms. The van der Waals surface area contributed by atoms with Gasteiger partial charge in [0.2, 0.25) is 5.91 Å². The number of piperazine rings is 1. The van der Waals surface area contributed by atoms with Gasteiger partial charge in [-0.25, -0.2) is 5.84 Å². The standard InChI is InChI=1S/C14H30N4O/c1-3-13(2)18-11-9-17(10-12-18)8-6-4-5-7-14(19)16-15/h13H,3-12,15H2,1-2H3,(H,16,19). The molecule has 0 aromatic rings. The maximum Gasteiger partial charge on any atom is 0.233 e. The topological polar surface area (TPSA) is 61.6 Å². The Hall–Kier alpha value is -0.650. The molecule has 112 valence electrons. The average molecular weight is 270 g/mol. The first-order valence-electron chi connectivity index (χ1n) is 7.63. The highest BCUT2D eigenvalue weighted by Gasteiger charge is 2.19. The van der Waals surface area contributed by atoms with Gasteiger partial charge in [0.25, 0.3) is 0 Å². The molecule has 1 atom stereocenters. The predicted octanol–water partition coefficient (Wildman–Crippen LogP) is 0.953. The minimum absolute atomic E-state index is 0.0535. The summed E-state index contributed by atoms with van der Waals surface area (Å²) >= 11 is 0. The molecule has 0 aromatic carbocycles.